The van der Waals surface area contributed by atoms with Gasteiger partial charge < -0.3 is 5.32 Å². The van der Waals surface area contributed by atoms with Gasteiger partial charge in [0.15, 0.2) is 11.0 Å². The number of hydrogen-bond donors (Lipinski definition) is 1. The molecule has 0 spiro atoms. The summed E-state index contributed by atoms with van der Waals surface area (Å²) >= 11 is 1.45. The zero-order valence-corrected chi connectivity index (χ0v) is 21.3. The maximum Gasteiger partial charge on any atom is 0.234 e. The van der Waals surface area contributed by atoms with Gasteiger partial charge in [-0.25, -0.2) is 0 Å². The Bertz CT molecular complexity index is 1290. The topological polar surface area (TPSA) is 72.7 Å². The third-order valence-corrected chi connectivity index (χ3v) is 7.79. The number of rotatable bonds is 8. The first-order chi connectivity index (χ1) is 17.7. The number of benzene rings is 2. The van der Waals surface area contributed by atoms with Gasteiger partial charge >= 0.3 is 0 Å². The molecule has 4 aromatic rings. The van der Waals surface area contributed by atoms with Gasteiger partial charge in [0, 0.05) is 29.7 Å². The van der Waals surface area contributed by atoms with E-state index in [-0.39, 0.29) is 11.7 Å². The third-order valence-electron chi connectivity index (χ3n) is 6.84. The Kier molecular flexibility index (Phi) is 7.76. The fraction of sp³-hybridized carbons (Fsp3) is 0.310. The number of anilines is 1. The summed E-state index contributed by atoms with van der Waals surface area (Å²) in [5.41, 5.74) is 4.12. The van der Waals surface area contributed by atoms with Gasteiger partial charge in [-0.15, -0.1) is 10.2 Å². The van der Waals surface area contributed by atoms with Crippen LogP contribution in [0.1, 0.15) is 49.8 Å². The lowest BCUT2D eigenvalue weighted by atomic mass is 9.85. The molecule has 1 fully saturated rings. The Labute approximate surface area is 216 Å². The molecular formula is C29H31N5OS. The summed E-state index contributed by atoms with van der Waals surface area (Å²) in [5, 5.41) is 13.0. The molecule has 2 aromatic carbocycles. The maximum atomic E-state index is 13.0. The first-order valence-corrected chi connectivity index (χ1v) is 13.6. The number of hydrogen-bond acceptors (Lipinski definition) is 5. The summed E-state index contributed by atoms with van der Waals surface area (Å²) in [7, 11) is 0. The average Bonchev–Trinajstić information content (AvgIpc) is 3.34. The number of nitrogens with one attached hydrogen (secondary N) is 1. The molecule has 2 aromatic heterocycles. The molecule has 1 amide bonds. The van der Waals surface area contributed by atoms with Gasteiger partial charge in [0.25, 0.3) is 0 Å². The van der Waals surface area contributed by atoms with E-state index in [0.717, 1.165) is 40.6 Å². The summed E-state index contributed by atoms with van der Waals surface area (Å²) in [6, 6.07) is 22.6. The van der Waals surface area contributed by atoms with Crippen molar-refractivity contribution in [1.82, 2.24) is 19.7 Å². The van der Waals surface area contributed by atoms with Gasteiger partial charge in [0.05, 0.1) is 5.75 Å². The fourth-order valence-electron chi connectivity index (χ4n) is 4.98. The van der Waals surface area contributed by atoms with Crippen molar-refractivity contribution in [3.8, 4) is 11.4 Å². The monoisotopic (exact) mass is 497 g/mol. The van der Waals surface area contributed by atoms with Crippen molar-refractivity contribution >= 4 is 23.4 Å². The van der Waals surface area contributed by atoms with Crippen molar-refractivity contribution < 1.29 is 4.79 Å². The van der Waals surface area contributed by atoms with E-state index in [2.05, 4.69) is 50.2 Å². The molecule has 0 unspecified atom stereocenters. The van der Waals surface area contributed by atoms with Crippen molar-refractivity contribution in [2.24, 2.45) is 5.92 Å². The Morgan fingerprint density at radius 3 is 2.61 bits per heavy atom. The molecule has 1 aliphatic carbocycles. The van der Waals surface area contributed by atoms with Crippen LogP contribution in [0.15, 0.2) is 84.3 Å². The van der Waals surface area contributed by atoms with E-state index in [1.807, 2.05) is 54.7 Å². The highest BCUT2D eigenvalue weighted by Crippen LogP contribution is 2.38. The van der Waals surface area contributed by atoms with Crippen molar-refractivity contribution in [2.45, 2.75) is 50.2 Å². The summed E-state index contributed by atoms with van der Waals surface area (Å²) < 4.78 is 2.25. The van der Waals surface area contributed by atoms with E-state index in [1.165, 1.54) is 36.6 Å². The van der Waals surface area contributed by atoms with Gasteiger partial charge in [-0.3, -0.25) is 14.3 Å². The van der Waals surface area contributed by atoms with Gasteiger partial charge in [-0.2, -0.15) is 0 Å². The number of amides is 1. The van der Waals surface area contributed by atoms with Crippen molar-refractivity contribution in [2.75, 3.05) is 11.1 Å². The number of nitrogens with zero attached hydrogens (tertiary/aromatic N) is 4. The number of pyridine rings is 1. The quantitative estimate of drug-likeness (QED) is 0.285. The van der Waals surface area contributed by atoms with Crippen molar-refractivity contribution in [3.63, 3.8) is 0 Å². The lowest BCUT2D eigenvalue weighted by Crippen LogP contribution is -2.23. The maximum absolute atomic E-state index is 13.0. The molecule has 1 N–H and O–H groups in total. The van der Waals surface area contributed by atoms with Crippen LogP contribution in [-0.4, -0.2) is 31.4 Å². The molecule has 1 saturated carbocycles. The van der Waals surface area contributed by atoms with Crippen LogP contribution in [0.3, 0.4) is 0 Å². The summed E-state index contributed by atoms with van der Waals surface area (Å²) in [5.74, 6) is 1.59. The van der Waals surface area contributed by atoms with Gasteiger partial charge in [-0.05, 0) is 54.5 Å². The molecule has 36 heavy (non-hydrogen) atoms. The van der Waals surface area contributed by atoms with E-state index in [4.69, 9.17) is 0 Å². The normalized spacial score (nSPS) is 17.6. The second kappa shape index (κ2) is 11.5. The van der Waals surface area contributed by atoms with Gasteiger partial charge in [0.1, 0.15) is 0 Å². The molecular weight excluding hydrogens is 466 g/mol. The SMILES string of the molecule is C[C@@H]1CCCC[C@@H]1n1c(SCC(=O)Nc2ccccc2Cc2ccccc2)nnc1-c1cccnc1. The Morgan fingerprint density at radius 1 is 1.00 bits per heavy atom. The third kappa shape index (κ3) is 5.68. The summed E-state index contributed by atoms with van der Waals surface area (Å²) in [6.45, 7) is 2.31. The van der Waals surface area contributed by atoms with Crippen LogP contribution in [0.4, 0.5) is 5.69 Å². The zero-order valence-electron chi connectivity index (χ0n) is 20.5. The molecule has 2 heterocycles. The number of carbonyl (C=O) groups excluding carboxylic acids is 1. The number of para-hydroxylation sites is 1. The zero-order chi connectivity index (χ0) is 24.7. The minimum Gasteiger partial charge on any atom is -0.325 e. The minimum atomic E-state index is -0.0466. The molecule has 0 saturated heterocycles. The Morgan fingerprint density at radius 2 is 1.81 bits per heavy atom. The van der Waals surface area contributed by atoms with Crippen LogP contribution in [0.5, 0.6) is 0 Å². The second-order valence-electron chi connectivity index (χ2n) is 9.40. The molecule has 6 nitrogen and oxygen atoms in total. The van der Waals surface area contributed by atoms with E-state index >= 15 is 0 Å². The van der Waals surface area contributed by atoms with Crippen LogP contribution in [0.25, 0.3) is 11.4 Å². The second-order valence-corrected chi connectivity index (χ2v) is 10.3. The van der Waals surface area contributed by atoms with Gasteiger partial charge in [-0.1, -0.05) is 80.1 Å². The summed E-state index contributed by atoms with van der Waals surface area (Å²) in [4.78, 5) is 17.3. The molecule has 7 heteroatoms. The van der Waals surface area contributed by atoms with E-state index in [1.54, 1.807) is 6.20 Å². The standard InChI is InChI=1S/C29H31N5OS/c1-21-10-5-8-16-26(21)34-28(24-14-9-17-30-19-24)32-33-29(34)36-20-27(35)31-25-15-7-6-13-23(25)18-22-11-3-2-4-12-22/h2-4,6-7,9,11-15,17,19,21,26H,5,8,10,16,18,20H2,1H3,(H,31,35)/t21-,26+/m1/s1. The van der Waals surface area contributed by atoms with Crippen LogP contribution in [0, 0.1) is 5.92 Å². The Hall–Kier alpha value is -3.45. The van der Waals surface area contributed by atoms with Crippen LogP contribution >= 0.6 is 11.8 Å². The minimum absolute atomic E-state index is 0.0466. The highest BCUT2D eigenvalue weighted by atomic mass is 32.2. The molecule has 1 aliphatic rings. The number of thioether (sulfide) groups is 1. The smallest absolute Gasteiger partial charge is 0.234 e. The molecule has 0 aliphatic heterocycles. The largest absolute Gasteiger partial charge is 0.325 e. The van der Waals surface area contributed by atoms with E-state index in [0.29, 0.717) is 12.0 Å². The van der Waals surface area contributed by atoms with Crippen LogP contribution < -0.4 is 5.32 Å². The lowest BCUT2D eigenvalue weighted by molar-refractivity contribution is -0.113. The van der Waals surface area contributed by atoms with Crippen LogP contribution in [0.2, 0.25) is 0 Å². The summed E-state index contributed by atoms with van der Waals surface area (Å²) in [6.07, 6.45) is 9.11. The van der Waals surface area contributed by atoms with Crippen molar-refractivity contribution in [1.29, 1.82) is 0 Å². The predicted molar refractivity (Wildman–Crippen MR) is 145 cm³/mol. The number of carbonyl (C=O) groups is 1. The molecule has 0 radical (unpaired) electrons. The average molecular weight is 498 g/mol. The van der Waals surface area contributed by atoms with Crippen LogP contribution in [-0.2, 0) is 11.2 Å². The van der Waals surface area contributed by atoms with E-state index < -0.39 is 0 Å². The first kappa shape index (κ1) is 24.3. The van der Waals surface area contributed by atoms with Crippen molar-refractivity contribution in [3.05, 3.63) is 90.3 Å². The first-order valence-electron chi connectivity index (χ1n) is 12.6. The molecule has 5 rings (SSSR count). The lowest BCUT2D eigenvalue weighted by Gasteiger charge is -2.31. The van der Waals surface area contributed by atoms with E-state index in [9.17, 15) is 4.79 Å². The highest BCUT2D eigenvalue weighted by Gasteiger charge is 2.29. The number of aromatic nitrogens is 4. The van der Waals surface area contributed by atoms with Gasteiger partial charge in [0.2, 0.25) is 5.91 Å². The predicted octanol–water partition coefficient (Wildman–Crippen LogP) is 6.41. The molecule has 184 valence electrons. The molecule has 2 atom stereocenters. The highest BCUT2D eigenvalue weighted by molar-refractivity contribution is 7.99. The fourth-order valence-corrected chi connectivity index (χ4v) is 5.77. The Balaban J connectivity index is 1.32. The molecule has 0 bridgehead atoms.